The van der Waals surface area contributed by atoms with Gasteiger partial charge in [-0.15, -0.1) is 0 Å². The largest absolute Gasteiger partial charge is 0.399 e. The van der Waals surface area contributed by atoms with E-state index >= 15 is 0 Å². The van der Waals surface area contributed by atoms with Gasteiger partial charge in [0.05, 0.1) is 11.3 Å². The molecule has 21 heavy (non-hydrogen) atoms. The number of amides is 1. The van der Waals surface area contributed by atoms with E-state index in [1.54, 1.807) is 13.1 Å². The number of benzene rings is 1. The van der Waals surface area contributed by atoms with Crippen molar-refractivity contribution in [2.45, 2.75) is 31.8 Å². The van der Waals surface area contributed by atoms with E-state index in [2.05, 4.69) is 22.0 Å². The molecule has 0 aromatic heterocycles. The molecule has 114 valence electrons. The summed E-state index contributed by atoms with van der Waals surface area (Å²) in [6, 6.07) is 6.57. The van der Waals surface area contributed by atoms with Crippen LogP contribution in [0.2, 0.25) is 0 Å². The Morgan fingerprint density at radius 3 is 2.95 bits per heavy atom. The Labute approximate surface area is 126 Å². The van der Waals surface area contributed by atoms with Crippen molar-refractivity contribution in [1.29, 1.82) is 0 Å². The molecule has 3 N–H and O–H groups in total. The van der Waals surface area contributed by atoms with E-state index in [1.807, 2.05) is 12.1 Å². The molecule has 0 saturated carbocycles. The molecule has 3 rings (SSSR count). The number of rotatable bonds is 2. The van der Waals surface area contributed by atoms with Crippen LogP contribution < -0.4 is 16.0 Å². The van der Waals surface area contributed by atoms with Crippen molar-refractivity contribution in [2.24, 2.45) is 0 Å². The molecule has 5 heteroatoms. The standard InChI is InChI=1S/C16H24N4O/c1-11-9-19-7-3-4-13(19)10-20(11)15-8-12(17)5-6-14(15)16(21)18-2/h5-6,8,11,13H,3-4,7,9-10,17H2,1-2H3,(H,18,21). The minimum Gasteiger partial charge on any atom is -0.399 e. The number of anilines is 2. The highest BCUT2D eigenvalue weighted by Crippen LogP contribution is 2.32. The highest BCUT2D eigenvalue weighted by atomic mass is 16.1. The highest BCUT2D eigenvalue weighted by molar-refractivity contribution is 6.00. The van der Waals surface area contributed by atoms with Gasteiger partial charge in [0.25, 0.3) is 5.91 Å². The SMILES string of the molecule is CNC(=O)c1ccc(N)cc1N1CC2CCCN2CC1C. The Balaban J connectivity index is 1.94. The maximum absolute atomic E-state index is 12.1. The van der Waals surface area contributed by atoms with E-state index < -0.39 is 0 Å². The number of carbonyl (C=O) groups is 1. The molecule has 2 aliphatic rings. The summed E-state index contributed by atoms with van der Waals surface area (Å²) in [7, 11) is 1.67. The van der Waals surface area contributed by atoms with Gasteiger partial charge in [-0.2, -0.15) is 0 Å². The number of nitrogen functional groups attached to an aromatic ring is 1. The predicted molar refractivity (Wildman–Crippen MR) is 85.6 cm³/mol. The number of nitrogens with zero attached hydrogens (tertiary/aromatic N) is 2. The smallest absolute Gasteiger partial charge is 0.253 e. The van der Waals surface area contributed by atoms with E-state index in [4.69, 9.17) is 5.73 Å². The van der Waals surface area contributed by atoms with Crippen LogP contribution in [0.15, 0.2) is 18.2 Å². The van der Waals surface area contributed by atoms with E-state index in [1.165, 1.54) is 19.4 Å². The first-order valence-electron chi connectivity index (χ1n) is 7.72. The number of hydrogen-bond donors (Lipinski definition) is 2. The van der Waals surface area contributed by atoms with Crippen LogP contribution in [-0.2, 0) is 0 Å². The van der Waals surface area contributed by atoms with Crippen molar-refractivity contribution < 1.29 is 4.79 Å². The van der Waals surface area contributed by atoms with Crippen molar-refractivity contribution in [1.82, 2.24) is 10.2 Å². The first kappa shape index (κ1) is 14.2. The number of nitrogens with one attached hydrogen (secondary N) is 1. The third-order valence-electron chi connectivity index (χ3n) is 4.74. The topological polar surface area (TPSA) is 61.6 Å². The molecule has 5 nitrogen and oxygen atoms in total. The van der Waals surface area contributed by atoms with Crippen LogP contribution in [0, 0.1) is 0 Å². The molecule has 0 bridgehead atoms. The van der Waals surface area contributed by atoms with Gasteiger partial charge in [0.1, 0.15) is 0 Å². The fraction of sp³-hybridized carbons (Fsp3) is 0.562. The average Bonchev–Trinajstić information content (AvgIpc) is 2.92. The molecule has 1 aromatic rings. The summed E-state index contributed by atoms with van der Waals surface area (Å²) in [5.74, 6) is -0.0500. The van der Waals surface area contributed by atoms with Gasteiger partial charge in [-0.05, 0) is 44.5 Å². The lowest BCUT2D eigenvalue weighted by Gasteiger charge is -2.44. The average molecular weight is 288 g/mol. The normalized spacial score (nSPS) is 25.7. The second-order valence-electron chi connectivity index (χ2n) is 6.15. The van der Waals surface area contributed by atoms with E-state index in [9.17, 15) is 4.79 Å². The summed E-state index contributed by atoms with van der Waals surface area (Å²) in [4.78, 5) is 17.1. The van der Waals surface area contributed by atoms with Crippen molar-refractivity contribution in [3.8, 4) is 0 Å². The Morgan fingerprint density at radius 1 is 1.38 bits per heavy atom. The van der Waals surface area contributed by atoms with Crippen molar-refractivity contribution >= 4 is 17.3 Å². The third-order valence-corrected chi connectivity index (χ3v) is 4.74. The molecule has 0 aliphatic carbocycles. The van der Waals surface area contributed by atoms with Crippen molar-refractivity contribution in [2.75, 3.05) is 37.3 Å². The van der Waals surface area contributed by atoms with Gasteiger partial charge in [-0.25, -0.2) is 0 Å². The summed E-state index contributed by atoms with van der Waals surface area (Å²) < 4.78 is 0. The highest BCUT2D eigenvalue weighted by Gasteiger charge is 2.35. The lowest BCUT2D eigenvalue weighted by Crippen LogP contribution is -2.55. The van der Waals surface area contributed by atoms with E-state index in [0.717, 1.165) is 18.8 Å². The maximum Gasteiger partial charge on any atom is 0.253 e. The molecule has 2 heterocycles. The fourth-order valence-electron chi connectivity index (χ4n) is 3.64. The zero-order valence-corrected chi connectivity index (χ0v) is 12.8. The Hall–Kier alpha value is -1.75. The zero-order chi connectivity index (χ0) is 15.0. The number of fused-ring (bicyclic) bond motifs is 1. The first-order chi connectivity index (χ1) is 10.1. The molecule has 1 aromatic carbocycles. The molecular formula is C16H24N4O. The fourth-order valence-corrected chi connectivity index (χ4v) is 3.64. The molecule has 2 fully saturated rings. The summed E-state index contributed by atoms with van der Waals surface area (Å²) in [5.41, 5.74) is 8.35. The van der Waals surface area contributed by atoms with Crippen molar-refractivity contribution in [3.63, 3.8) is 0 Å². The maximum atomic E-state index is 12.1. The third kappa shape index (κ3) is 2.58. The van der Waals surface area contributed by atoms with E-state index in [-0.39, 0.29) is 5.91 Å². The van der Waals surface area contributed by atoms with Gasteiger partial charge < -0.3 is 16.0 Å². The van der Waals surface area contributed by atoms with Crippen molar-refractivity contribution in [3.05, 3.63) is 23.8 Å². The molecule has 1 amide bonds. The number of carbonyl (C=O) groups excluding carboxylic acids is 1. The van der Waals surface area contributed by atoms with Gasteiger partial charge in [-0.3, -0.25) is 9.69 Å². The second-order valence-corrected chi connectivity index (χ2v) is 6.15. The van der Waals surface area contributed by atoms with Crippen LogP contribution in [0.3, 0.4) is 0 Å². The van der Waals surface area contributed by atoms with Crippen LogP contribution >= 0.6 is 0 Å². The monoisotopic (exact) mass is 288 g/mol. The molecule has 2 aliphatic heterocycles. The Bertz CT molecular complexity index is 545. The number of piperazine rings is 1. The number of hydrogen-bond acceptors (Lipinski definition) is 4. The van der Waals surface area contributed by atoms with Crippen LogP contribution in [-0.4, -0.2) is 49.6 Å². The first-order valence-corrected chi connectivity index (χ1v) is 7.72. The molecule has 0 spiro atoms. The van der Waals surface area contributed by atoms with Gasteiger partial charge in [0.15, 0.2) is 0 Å². The molecule has 2 unspecified atom stereocenters. The van der Waals surface area contributed by atoms with Crippen LogP contribution in [0.25, 0.3) is 0 Å². The summed E-state index contributed by atoms with van der Waals surface area (Å²) >= 11 is 0. The lowest BCUT2D eigenvalue weighted by molar-refractivity contribution is 0.0963. The molecule has 2 saturated heterocycles. The molecule has 0 radical (unpaired) electrons. The summed E-state index contributed by atoms with van der Waals surface area (Å²) in [6.45, 7) is 5.48. The summed E-state index contributed by atoms with van der Waals surface area (Å²) in [6.07, 6.45) is 2.53. The molecule has 2 atom stereocenters. The quantitative estimate of drug-likeness (QED) is 0.805. The zero-order valence-electron chi connectivity index (χ0n) is 12.8. The lowest BCUT2D eigenvalue weighted by atomic mass is 10.0. The Morgan fingerprint density at radius 2 is 2.19 bits per heavy atom. The predicted octanol–water partition coefficient (Wildman–Crippen LogP) is 1.30. The minimum atomic E-state index is -0.0500. The van der Waals surface area contributed by atoms with E-state index in [0.29, 0.717) is 23.3 Å². The van der Waals surface area contributed by atoms with Crippen LogP contribution in [0.1, 0.15) is 30.1 Å². The number of nitrogens with two attached hydrogens (primary N) is 1. The molecular weight excluding hydrogens is 264 g/mol. The van der Waals surface area contributed by atoms with Gasteiger partial charge >= 0.3 is 0 Å². The van der Waals surface area contributed by atoms with Gasteiger partial charge in [-0.1, -0.05) is 0 Å². The second kappa shape index (κ2) is 5.56. The van der Waals surface area contributed by atoms with Gasteiger partial charge in [0, 0.05) is 37.9 Å². The minimum absolute atomic E-state index is 0.0500. The summed E-state index contributed by atoms with van der Waals surface area (Å²) in [5, 5.41) is 2.72. The van der Waals surface area contributed by atoms with Crippen LogP contribution in [0.4, 0.5) is 11.4 Å². The Kier molecular flexibility index (Phi) is 3.76. The van der Waals surface area contributed by atoms with Crippen LogP contribution in [0.5, 0.6) is 0 Å². The van der Waals surface area contributed by atoms with Gasteiger partial charge in [0.2, 0.25) is 0 Å².